The predicted octanol–water partition coefficient (Wildman–Crippen LogP) is 6.21. The number of likely N-dealkylation sites (tertiary alicyclic amines) is 1. The summed E-state index contributed by atoms with van der Waals surface area (Å²) >= 11 is 0. The zero-order valence-corrected chi connectivity index (χ0v) is 24.2. The van der Waals surface area contributed by atoms with Crippen molar-refractivity contribution >= 4 is 17.4 Å². The van der Waals surface area contributed by atoms with Gasteiger partial charge in [-0.15, -0.1) is 0 Å². The van der Waals surface area contributed by atoms with Crippen molar-refractivity contribution < 1.29 is 24.2 Å². The molecular formula is C34H40N2O5. The van der Waals surface area contributed by atoms with Gasteiger partial charge in [0.15, 0.2) is 0 Å². The van der Waals surface area contributed by atoms with E-state index in [1.54, 1.807) is 29.2 Å². The SMILES string of the molecule is CCCOc1ccc(C2/C(=C(/O)c3ccc(OCc4ccccc4)cc3)C(=O)C(=O)N2CCCN(CC)CC)cc1. The Balaban J connectivity index is 1.62. The molecule has 0 bridgehead atoms. The summed E-state index contributed by atoms with van der Waals surface area (Å²) in [5.41, 5.74) is 2.34. The number of carbonyl (C=O) groups is 2. The largest absolute Gasteiger partial charge is 0.507 e. The van der Waals surface area contributed by atoms with Crippen molar-refractivity contribution in [3.05, 3.63) is 101 Å². The molecule has 1 fully saturated rings. The maximum Gasteiger partial charge on any atom is 0.295 e. The summed E-state index contributed by atoms with van der Waals surface area (Å²) in [5, 5.41) is 11.4. The molecular weight excluding hydrogens is 516 g/mol. The van der Waals surface area contributed by atoms with Crippen LogP contribution in [-0.4, -0.2) is 59.4 Å². The second-order valence-corrected chi connectivity index (χ2v) is 10.1. The summed E-state index contributed by atoms with van der Waals surface area (Å²) < 4.78 is 11.6. The van der Waals surface area contributed by atoms with Gasteiger partial charge in [0.05, 0.1) is 18.2 Å². The second kappa shape index (κ2) is 14.5. The van der Waals surface area contributed by atoms with E-state index in [0.717, 1.165) is 49.4 Å². The summed E-state index contributed by atoms with van der Waals surface area (Å²) in [7, 11) is 0. The summed E-state index contributed by atoms with van der Waals surface area (Å²) in [6, 6.07) is 23.5. The van der Waals surface area contributed by atoms with E-state index in [9.17, 15) is 14.7 Å². The normalized spacial score (nSPS) is 16.4. The number of aliphatic hydroxyl groups excluding tert-OH is 1. The molecule has 1 aliphatic heterocycles. The Hall–Kier alpha value is -4.10. The van der Waals surface area contributed by atoms with Crippen LogP contribution in [-0.2, 0) is 16.2 Å². The van der Waals surface area contributed by atoms with Crippen molar-refractivity contribution in [2.75, 3.05) is 32.8 Å². The lowest BCUT2D eigenvalue weighted by molar-refractivity contribution is -0.140. The Morgan fingerprint density at radius 1 is 0.854 bits per heavy atom. The molecule has 41 heavy (non-hydrogen) atoms. The summed E-state index contributed by atoms with van der Waals surface area (Å²) in [4.78, 5) is 30.6. The number of ether oxygens (including phenoxy) is 2. The van der Waals surface area contributed by atoms with Crippen LogP contribution in [0, 0.1) is 0 Å². The molecule has 216 valence electrons. The van der Waals surface area contributed by atoms with Crippen LogP contribution in [0.15, 0.2) is 84.4 Å². The van der Waals surface area contributed by atoms with Crippen LogP contribution in [0.2, 0.25) is 0 Å². The minimum Gasteiger partial charge on any atom is -0.507 e. The van der Waals surface area contributed by atoms with Crippen LogP contribution in [0.1, 0.15) is 56.3 Å². The Morgan fingerprint density at radius 3 is 2.12 bits per heavy atom. The molecule has 1 N–H and O–H groups in total. The fourth-order valence-corrected chi connectivity index (χ4v) is 5.03. The van der Waals surface area contributed by atoms with Gasteiger partial charge in [-0.05, 0) is 80.0 Å². The average molecular weight is 557 g/mol. The lowest BCUT2D eigenvalue weighted by Gasteiger charge is -2.27. The molecule has 1 aliphatic rings. The van der Waals surface area contributed by atoms with Crippen LogP contribution >= 0.6 is 0 Å². The molecule has 0 radical (unpaired) electrons. The van der Waals surface area contributed by atoms with Crippen molar-refractivity contribution in [1.29, 1.82) is 0 Å². The van der Waals surface area contributed by atoms with Crippen LogP contribution < -0.4 is 9.47 Å². The van der Waals surface area contributed by atoms with Crippen molar-refractivity contribution in [2.24, 2.45) is 0 Å². The van der Waals surface area contributed by atoms with Gasteiger partial charge in [0, 0.05) is 12.1 Å². The number of Topliss-reactive ketones (excluding diaryl/α,β-unsaturated/α-hetero) is 1. The number of rotatable bonds is 14. The van der Waals surface area contributed by atoms with E-state index in [1.807, 2.05) is 61.5 Å². The van der Waals surface area contributed by atoms with Gasteiger partial charge in [0.1, 0.15) is 23.9 Å². The number of hydrogen-bond donors (Lipinski definition) is 1. The van der Waals surface area contributed by atoms with Crippen molar-refractivity contribution in [2.45, 2.75) is 46.3 Å². The lowest BCUT2D eigenvalue weighted by Crippen LogP contribution is -2.33. The van der Waals surface area contributed by atoms with Crippen LogP contribution in [0.4, 0.5) is 0 Å². The van der Waals surface area contributed by atoms with E-state index in [2.05, 4.69) is 18.7 Å². The number of nitrogens with zero attached hydrogens (tertiary/aromatic N) is 2. The van der Waals surface area contributed by atoms with Crippen LogP contribution in [0.25, 0.3) is 5.76 Å². The fourth-order valence-electron chi connectivity index (χ4n) is 5.03. The maximum absolute atomic E-state index is 13.4. The molecule has 1 unspecified atom stereocenters. The molecule has 0 aliphatic carbocycles. The standard InChI is InChI=1S/C34H40N2O5/c1-4-23-40-28-17-13-26(14-18-28)31-30(33(38)34(39)36(31)22-10-21-35(5-2)6-3)32(37)27-15-19-29(20-16-27)41-24-25-11-8-7-9-12-25/h7-9,11-20,31,37H,4-6,10,21-24H2,1-3H3/b32-30-. The first kappa shape index (κ1) is 29.9. The molecule has 1 amide bonds. The third-order valence-corrected chi connectivity index (χ3v) is 7.35. The Labute approximate surface area is 243 Å². The molecule has 1 atom stereocenters. The van der Waals surface area contributed by atoms with Crippen molar-refractivity contribution in [3.63, 3.8) is 0 Å². The van der Waals surface area contributed by atoms with Gasteiger partial charge in [-0.25, -0.2) is 0 Å². The Morgan fingerprint density at radius 2 is 1.49 bits per heavy atom. The van der Waals surface area contributed by atoms with Crippen molar-refractivity contribution in [3.8, 4) is 11.5 Å². The molecule has 3 aromatic rings. The van der Waals surface area contributed by atoms with E-state index >= 15 is 0 Å². The van der Waals surface area contributed by atoms with E-state index in [4.69, 9.17) is 9.47 Å². The number of aliphatic hydroxyl groups is 1. The van der Waals surface area contributed by atoms with Gasteiger partial charge in [-0.3, -0.25) is 9.59 Å². The summed E-state index contributed by atoms with van der Waals surface area (Å²) in [6.45, 7) is 10.3. The van der Waals surface area contributed by atoms with Crippen LogP contribution in [0.5, 0.6) is 11.5 Å². The third kappa shape index (κ3) is 7.35. The molecule has 0 aromatic heterocycles. The molecule has 0 saturated carbocycles. The van der Waals surface area contributed by atoms with E-state index in [0.29, 0.717) is 31.1 Å². The first-order valence-electron chi connectivity index (χ1n) is 14.5. The van der Waals surface area contributed by atoms with E-state index in [-0.39, 0.29) is 11.3 Å². The van der Waals surface area contributed by atoms with Gasteiger partial charge < -0.3 is 24.4 Å². The first-order chi connectivity index (χ1) is 20.0. The van der Waals surface area contributed by atoms with Gasteiger partial charge in [0.25, 0.3) is 11.7 Å². The molecule has 7 nitrogen and oxygen atoms in total. The highest BCUT2D eigenvalue weighted by atomic mass is 16.5. The topological polar surface area (TPSA) is 79.3 Å². The lowest BCUT2D eigenvalue weighted by atomic mass is 9.95. The van der Waals surface area contributed by atoms with Crippen molar-refractivity contribution in [1.82, 2.24) is 9.80 Å². The zero-order valence-electron chi connectivity index (χ0n) is 24.2. The maximum atomic E-state index is 13.4. The third-order valence-electron chi connectivity index (χ3n) is 7.35. The van der Waals surface area contributed by atoms with E-state index < -0.39 is 17.7 Å². The van der Waals surface area contributed by atoms with Gasteiger partial charge in [-0.1, -0.05) is 63.2 Å². The van der Waals surface area contributed by atoms with Gasteiger partial charge in [-0.2, -0.15) is 0 Å². The van der Waals surface area contributed by atoms with Gasteiger partial charge >= 0.3 is 0 Å². The zero-order chi connectivity index (χ0) is 29.2. The highest BCUT2D eigenvalue weighted by Gasteiger charge is 2.45. The van der Waals surface area contributed by atoms with Gasteiger partial charge in [0.2, 0.25) is 0 Å². The molecule has 7 heteroatoms. The number of amides is 1. The molecule has 3 aromatic carbocycles. The molecule has 0 spiro atoms. The summed E-state index contributed by atoms with van der Waals surface area (Å²) in [6.07, 6.45) is 1.61. The highest BCUT2D eigenvalue weighted by molar-refractivity contribution is 6.46. The first-order valence-corrected chi connectivity index (χ1v) is 14.5. The quantitative estimate of drug-likeness (QED) is 0.145. The number of ketones is 1. The van der Waals surface area contributed by atoms with E-state index in [1.165, 1.54) is 0 Å². The monoisotopic (exact) mass is 556 g/mol. The summed E-state index contributed by atoms with van der Waals surface area (Å²) in [5.74, 6) is -0.0987. The number of hydrogen-bond acceptors (Lipinski definition) is 6. The Bertz CT molecular complexity index is 1320. The number of benzene rings is 3. The smallest absolute Gasteiger partial charge is 0.295 e. The molecule has 1 heterocycles. The number of carbonyl (C=O) groups excluding carboxylic acids is 2. The minimum atomic E-state index is -0.694. The predicted molar refractivity (Wildman–Crippen MR) is 161 cm³/mol. The minimum absolute atomic E-state index is 0.0954. The van der Waals surface area contributed by atoms with Crippen LogP contribution in [0.3, 0.4) is 0 Å². The second-order valence-electron chi connectivity index (χ2n) is 10.1. The average Bonchev–Trinajstić information content (AvgIpc) is 3.26. The molecule has 4 rings (SSSR count). The fraction of sp³-hybridized carbons (Fsp3) is 0.353. The highest BCUT2D eigenvalue weighted by Crippen LogP contribution is 2.40. The Kier molecular flexibility index (Phi) is 10.6. The molecule has 1 saturated heterocycles.